The Balaban J connectivity index is 2.34. The lowest BCUT2D eigenvalue weighted by molar-refractivity contribution is 0.195. The molecule has 0 fully saturated rings. The summed E-state index contributed by atoms with van der Waals surface area (Å²) in [6, 6.07) is 5.05. The molecule has 2 heterocycles. The van der Waals surface area contributed by atoms with Crippen LogP contribution < -0.4 is 11.5 Å². The average molecular weight is 263 g/mol. The quantitative estimate of drug-likeness (QED) is 0.714. The molecule has 0 radical (unpaired) electrons. The molecule has 0 amide bonds. The van der Waals surface area contributed by atoms with Crippen LogP contribution in [0.15, 0.2) is 34.6 Å². The smallest absolute Gasteiger partial charge is 0.197 e. The summed E-state index contributed by atoms with van der Waals surface area (Å²) < 4.78 is 0. The van der Waals surface area contributed by atoms with Crippen molar-refractivity contribution >= 4 is 23.4 Å². The van der Waals surface area contributed by atoms with Gasteiger partial charge in [0.05, 0.1) is 6.10 Å². The van der Waals surface area contributed by atoms with Gasteiger partial charge in [-0.05, 0) is 24.8 Å². The van der Waals surface area contributed by atoms with E-state index in [0.29, 0.717) is 27.4 Å². The lowest BCUT2D eigenvalue weighted by Gasteiger charge is -2.09. The Morgan fingerprint density at radius 2 is 1.94 bits per heavy atom. The van der Waals surface area contributed by atoms with E-state index in [0.717, 1.165) is 0 Å². The number of nitrogen functional groups attached to an aromatic ring is 2. The minimum Gasteiger partial charge on any atom is -0.389 e. The van der Waals surface area contributed by atoms with Crippen molar-refractivity contribution in [1.82, 2.24) is 15.0 Å². The van der Waals surface area contributed by atoms with Gasteiger partial charge in [-0.15, -0.1) is 0 Å². The first-order chi connectivity index (χ1) is 8.56. The molecule has 18 heavy (non-hydrogen) atoms. The SMILES string of the molecule is C[C@@H](O)c1cccnc1Sc1nc(N)cc(N)n1. The van der Waals surface area contributed by atoms with Crippen molar-refractivity contribution in [3.05, 3.63) is 30.0 Å². The zero-order chi connectivity index (χ0) is 13.1. The van der Waals surface area contributed by atoms with Crippen molar-refractivity contribution in [3.8, 4) is 0 Å². The molecule has 0 saturated heterocycles. The molecule has 5 N–H and O–H groups in total. The zero-order valence-electron chi connectivity index (χ0n) is 9.74. The fourth-order valence-corrected chi connectivity index (χ4v) is 2.35. The Kier molecular flexibility index (Phi) is 3.63. The number of hydrogen-bond acceptors (Lipinski definition) is 7. The van der Waals surface area contributed by atoms with E-state index in [9.17, 15) is 5.11 Å². The third-order valence-electron chi connectivity index (χ3n) is 2.18. The predicted molar refractivity (Wildman–Crippen MR) is 69.9 cm³/mol. The van der Waals surface area contributed by atoms with Crippen molar-refractivity contribution in [3.63, 3.8) is 0 Å². The molecule has 0 aliphatic heterocycles. The maximum atomic E-state index is 9.65. The van der Waals surface area contributed by atoms with Gasteiger partial charge in [0.1, 0.15) is 16.7 Å². The molecule has 2 aromatic rings. The van der Waals surface area contributed by atoms with Crippen LogP contribution in [0.4, 0.5) is 11.6 Å². The number of aliphatic hydroxyl groups is 1. The minimum absolute atomic E-state index is 0.305. The van der Waals surface area contributed by atoms with Gasteiger partial charge in [0, 0.05) is 17.8 Å². The van der Waals surface area contributed by atoms with Crippen molar-refractivity contribution in [2.24, 2.45) is 0 Å². The average Bonchev–Trinajstić information content (AvgIpc) is 2.27. The highest BCUT2D eigenvalue weighted by Crippen LogP contribution is 2.29. The van der Waals surface area contributed by atoms with Crippen molar-refractivity contribution in [2.45, 2.75) is 23.2 Å². The van der Waals surface area contributed by atoms with E-state index >= 15 is 0 Å². The maximum absolute atomic E-state index is 9.65. The number of nitrogens with two attached hydrogens (primary N) is 2. The molecule has 1 atom stereocenters. The monoisotopic (exact) mass is 263 g/mol. The van der Waals surface area contributed by atoms with E-state index in [4.69, 9.17) is 11.5 Å². The van der Waals surface area contributed by atoms with Crippen LogP contribution in [-0.4, -0.2) is 20.1 Å². The molecule has 7 heteroatoms. The molecule has 0 spiro atoms. The highest BCUT2D eigenvalue weighted by atomic mass is 32.2. The molecule has 6 nitrogen and oxygen atoms in total. The Labute approximate surface area is 108 Å². The van der Waals surface area contributed by atoms with Gasteiger partial charge in [0.15, 0.2) is 5.16 Å². The molecule has 94 valence electrons. The Morgan fingerprint density at radius 3 is 2.56 bits per heavy atom. The van der Waals surface area contributed by atoms with Crippen molar-refractivity contribution in [2.75, 3.05) is 11.5 Å². The number of nitrogens with zero attached hydrogens (tertiary/aromatic N) is 3. The Morgan fingerprint density at radius 1 is 1.28 bits per heavy atom. The lowest BCUT2D eigenvalue weighted by atomic mass is 10.2. The molecule has 2 rings (SSSR count). The van der Waals surface area contributed by atoms with Gasteiger partial charge >= 0.3 is 0 Å². The Hall–Kier alpha value is -1.86. The molecule has 0 saturated carbocycles. The van der Waals surface area contributed by atoms with Gasteiger partial charge in [-0.3, -0.25) is 0 Å². The van der Waals surface area contributed by atoms with Gasteiger partial charge < -0.3 is 16.6 Å². The summed E-state index contributed by atoms with van der Waals surface area (Å²) >= 11 is 1.22. The van der Waals surface area contributed by atoms with E-state index < -0.39 is 6.10 Å². The van der Waals surface area contributed by atoms with Crippen LogP contribution in [0.5, 0.6) is 0 Å². The summed E-state index contributed by atoms with van der Waals surface area (Å²) in [6.45, 7) is 1.68. The first-order valence-electron chi connectivity index (χ1n) is 5.27. The largest absolute Gasteiger partial charge is 0.389 e. The van der Waals surface area contributed by atoms with Gasteiger partial charge in [0.2, 0.25) is 0 Å². The van der Waals surface area contributed by atoms with Gasteiger partial charge in [-0.1, -0.05) is 6.07 Å². The topological polar surface area (TPSA) is 111 Å². The van der Waals surface area contributed by atoms with Crippen LogP contribution >= 0.6 is 11.8 Å². The van der Waals surface area contributed by atoms with Gasteiger partial charge in [0.25, 0.3) is 0 Å². The normalized spacial score (nSPS) is 12.3. The highest BCUT2D eigenvalue weighted by molar-refractivity contribution is 7.99. The van der Waals surface area contributed by atoms with Crippen molar-refractivity contribution in [1.29, 1.82) is 0 Å². The molecule has 0 unspecified atom stereocenters. The standard InChI is InChI=1S/C11H13N5OS/c1-6(17)7-3-2-4-14-10(7)18-11-15-8(12)5-9(13)16-11/h2-6,17H,1H3,(H4,12,13,15,16)/t6-/m1/s1. The molecular weight excluding hydrogens is 250 g/mol. The van der Waals surface area contributed by atoms with Crippen LogP contribution in [0.25, 0.3) is 0 Å². The number of pyridine rings is 1. The summed E-state index contributed by atoms with van der Waals surface area (Å²) in [7, 11) is 0. The van der Waals surface area contributed by atoms with E-state index in [2.05, 4.69) is 15.0 Å². The number of rotatable bonds is 3. The molecule has 0 aliphatic carbocycles. The first-order valence-corrected chi connectivity index (χ1v) is 6.09. The summed E-state index contributed by atoms with van der Waals surface area (Å²) in [6.07, 6.45) is 1.03. The third kappa shape index (κ3) is 2.88. The number of hydrogen-bond donors (Lipinski definition) is 3. The number of aliphatic hydroxyl groups excluding tert-OH is 1. The second kappa shape index (κ2) is 5.19. The van der Waals surface area contributed by atoms with E-state index in [-0.39, 0.29) is 0 Å². The van der Waals surface area contributed by atoms with Crippen LogP contribution in [0, 0.1) is 0 Å². The number of aromatic nitrogens is 3. The second-order valence-corrected chi connectivity index (χ2v) is 4.63. The fourth-order valence-electron chi connectivity index (χ4n) is 1.40. The molecular formula is C11H13N5OS. The van der Waals surface area contributed by atoms with Crippen molar-refractivity contribution < 1.29 is 5.11 Å². The van der Waals surface area contributed by atoms with Gasteiger partial charge in [-0.25, -0.2) is 15.0 Å². The lowest BCUT2D eigenvalue weighted by Crippen LogP contribution is -2.01. The Bertz CT molecular complexity index is 541. The second-order valence-electron chi connectivity index (χ2n) is 3.68. The maximum Gasteiger partial charge on any atom is 0.197 e. The summed E-state index contributed by atoms with van der Waals surface area (Å²) in [4.78, 5) is 12.3. The van der Waals surface area contributed by atoms with E-state index in [1.165, 1.54) is 17.8 Å². The fraction of sp³-hybridized carbons (Fsp3) is 0.182. The van der Waals surface area contributed by atoms with E-state index in [1.54, 1.807) is 25.3 Å². The zero-order valence-corrected chi connectivity index (χ0v) is 10.6. The third-order valence-corrected chi connectivity index (χ3v) is 3.08. The molecule has 2 aromatic heterocycles. The van der Waals surface area contributed by atoms with Crippen LogP contribution in [0.2, 0.25) is 0 Å². The van der Waals surface area contributed by atoms with Crippen LogP contribution in [-0.2, 0) is 0 Å². The summed E-state index contributed by atoms with van der Waals surface area (Å²) in [5.74, 6) is 0.610. The molecule has 0 aliphatic rings. The van der Waals surface area contributed by atoms with E-state index in [1.807, 2.05) is 0 Å². The number of anilines is 2. The summed E-state index contributed by atoms with van der Waals surface area (Å²) in [5.41, 5.74) is 11.9. The first kappa shape index (κ1) is 12.6. The minimum atomic E-state index is -0.611. The summed E-state index contributed by atoms with van der Waals surface area (Å²) in [5, 5.41) is 10.7. The van der Waals surface area contributed by atoms with Crippen LogP contribution in [0.1, 0.15) is 18.6 Å². The van der Waals surface area contributed by atoms with Gasteiger partial charge in [-0.2, -0.15) is 0 Å². The molecule has 0 bridgehead atoms. The predicted octanol–water partition coefficient (Wildman–Crippen LogP) is 1.24. The molecule has 0 aromatic carbocycles. The highest BCUT2D eigenvalue weighted by Gasteiger charge is 2.12. The van der Waals surface area contributed by atoms with Crippen LogP contribution in [0.3, 0.4) is 0 Å².